The molecule has 106 valence electrons. The van der Waals surface area contributed by atoms with E-state index in [-0.39, 0.29) is 24.9 Å². The Morgan fingerprint density at radius 3 is 2.28 bits per heavy atom. The average molecular weight is 283 g/mol. The van der Waals surface area contributed by atoms with E-state index < -0.39 is 22.9 Å². The van der Waals surface area contributed by atoms with Crippen molar-refractivity contribution in [1.29, 1.82) is 0 Å². The molecule has 2 nitrogen and oxygen atoms in total. The van der Waals surface area contributed by atoms with Crippen molar-refractivity contribution in [2.45, 2.75) is 56.8 Å². The lowest BCUT2D eigenvalue weighted by atomic mass is 9.84. The summed E-state index contributed by atoms with van der Waals surface area (Å²) in [6.07, 6.45) is -0.403. The Kier molecular flexibility index (Phi) is 4.69. The Morgan fingerprint density at radius 2 is 1.67 bits per heavy atom. The molecule has 0 bridgehead atoms. The highest BCUT2D eigenvalue weighted by Crippen LogP contribution is 2.37. The first-order chi connectivity index (χ1) is 8.45. The summed E-state index contributed by atoms with van der Waals surface area (Å²) in [7, 11) is -0.709. The van der Waals surface area contributed by atoms with Crippen molar-refractivity contribution in [3.8, 4) is 0 Å². The molecule has 2 fully saturated rings. The van der Waals surface area contributed by atoms with E-state index in [2.05, 4.69) is 5.32 Å². The van der Waals surface area contributed by atoms with Gasteiger partial charge < -0.3 is 5.32 Å². The third kappa shape index (κ3) is 3.95. The molecule has 6 heteroatoms. The maximum atomic E-state index is 12.7. The quantitative estimate of drug-likeness (QED) is 0.844. The van der Waals surface area contributed by atoms with Crippen LogP contribution in [0.2, 0.25) is 0 Å². The largest absolute Gasteiger partial charge is 0.391 e. The number of halogens is 3. The molecule has 1 saturated carbocycles. The molecule has 1 N–H and O–H groups in total. The number of nitrogens with one attached hydrogen (secondary N) is 1. The van der Waals surface area contributed by atoms with Crippen LogP contribution in [0, 0.1) is 5.92 Å². The highest BCUT2D eigenvalue weighted by Gasteiger charge is 2.42. The summed E-state index contributed by atoms with van der Waals surface area (Å²) < 4.78 is 49.2. The molecule has 2 unspecified atom stereocenters. The molecule has 0 aromatic rings. The van der Waals surface area contributed by atoms with Crippen LogP contribution >= 0.6 is 0 Å². The van der Waals surface area contributed by atoms with Gasteiger partial charge in [-0.3, -0.25) is 4.21 Å². The summed E-state index contributed by atoms with van der Waals surface area (Å²) >= 11 is 0. The zero-order valence-corrected chi connectivity index (χ0v) is 11.2. The fourth-order valence-corrected chi connectivity index (χ4v) is 4.23. The SMILES string of the molecule is O=S1CCC(NC2CCCC(C(F)(F)F)C2)CC1. The molecule has 0 aromatic carbocycles. The van der Waals surface area contributed by atoms with E-state index in [4.69, 9.17) is 0 Å². The molecule has 2 aliphatic rings. The first-order valence-electron chi connectivity index (χ1n) is 6.63. The summed E-state index contributed by atoms with van der Waals surface area (Å²) in [5.41, 5.74) is 0. The topological polar surface area (TPSA) is 29.1 Å². The normalized spacial score (nSPS) is 38.6. The Balaban J connectivity index is 1.81. The van der Waals surface area contributed by atoms with Crippen molar-refractivity contribution in [1.82, 2.24) is 5.32 Å². The maximum absolute atomic E-state index is 12.7. The molecule has 2 rings (SSSR count). The minimum absolute atomic E-state index is 0.0121. The summed E-state index contributed by atoms with van der Waals surface area (Å²) in [5, 5.41) is 3.35. The Morgan fingerprint density at radius 1 is 1.00 bits per heavy atom. The van der Waals surface area contributed by atoms with Gasteiger partial charge in [-0.15, -0.1) is 0 Å². The molecule has 0 aromatic heterocycles. The monoisotopic (exact) mass is 283 g/mol. The van der Waals surface area contributed by atoms with Gasteiger partial charge in [0.2, 0.25) is 0 Å². The van der Waals surface area contributed by atoms with E-state index in [1.165, 1.54) is 0 Å². The Bertz CT molecular complexity index is 298. The van der Waals surface area contributed by atoms with Crippen LogP contribution in [-0.2, 0) is 10.8 Å². The highest BCUT2D eigenvalue weighted by molar-refractivity contribution is 7.85. The molecule has 2 atom stereocenters. The van der Waals surface area contributed by atoms with Crippen molar-refractivity contribution in [2.75, 3.05) is 11.5 Å². The predicted molar refractivity (Wildman–Crippen MR) is 65.8 cm³/mol. The van der Waals surface area contributed by atoms with E-state index >= 15 is 0 Å². The van der Waals surface area contributed by atoms with E-state index in [0.29, 0.717) is 17.9 Å². The second-order valence-electron chi connectivity index (χ2n) is 5.39. The molecular formula is C12H20F3NOS. The molecule has 1 aliphatic heterocycles. The van der Waals surface area contributed by atoms with Crippen molar-refractivity contribution in [3.05, 3.63) is 0 Å². The van der Waals surface area contributed by atoms with Crippen LogP contribution in [0.1, 0.15) is 38.5 Å². The van der Waals surface area contributed by atoms with Crippen molar-refractivity contribution < 1.29 is 17.4 Å². The van der Waals surface area contributed by atoms with Gasteiger partial charge in [0.15, 0.2) is 0 Å². The first-order valence-corrected chi connectivity index (χ1v) is 8.11. The fourth-order valence-electron chi connectivity index (χ4n) is 2.93. The Labute approximate surface area is 108 Å². The van der Waals surface area contributed by atoms with Crippen LogP contribution in [0.5, 0.6) is 0 Å². The van der Waals surface area contributed by atoms with Crippen molar-refractivity contribution >= 4 is 10.8 Å². The van der Waals surface area contributed by atoms with E-state index in [0.717, 1.165) is 19.3 Å². The fraction of sp³-hybridized carbons (Fsp3) is 1.00. The Hall–Kier alpha value is -0.100. The summed E-state index contributed by atoms with van der Waals surface area (Å²) in [5.74, 6) is 0.238. The molecule has 18 heavy (non-hydrogen) atoms. The standard InChI is InChI=1S/C12H20F3NOS/c13-12(14,15)9-2-1-3-11(8-9)16-10-4-6-18(17)7-5-10/h9-11,16H,1-8H2. The van der Waals surface area contributed by atoms with Gasteiger partial charge in [-0.2, -0.15) is 13.2 Å². The summed E-state index contributed by atoms with van der Waals surface area (Å²) in [6.45, 7) is 0. The minimum atomic E-state index is -4.05. The zero-order chi connectivity index (χ0) is 13.2. The number of alkyl halides is 3. The zero-order valence-electron chi connectivity index (χ0n) is 10.3. The van der Waals surface area contributed by atoms with Gasteiger partial charge >= 0.3 is 6.18 Å². The van der Waals surface area contributed by atoms with E-state index in [1.807, 2.05) is 0 Å². The third-order valence-corrected chi connectivity index (χ3v) is 5.38. The van der Waals surface area contributed by atoms with Gasteiger partial charge in [-0.05, 0) is 32.1 Å². The second-order valence-corrected chi connectivity index (χ2v) is 7.09. The summed E-state index contributed by atoms with van der Waals surface area (Å²) in [4.78, 5) is 0. The van der Waals surface area contributed by atoms with Crippen LogP contribution in [0.25, 0.3) is 0 Å². The molecule has 0 spiro atoms. The molecule has 1 saturated heterocycles. The molecule has 0 radical (unpaired) electrons. The van der Waals surface area contributed by atoms with Gasteiger partial charge in [0.25, 0.3) is 0 Å². The molecule has 0 amide bonds. The lowest BCUT2D eigenvalue weighted by Crippen LogP contribution is -2.45. The third-order valence-electron chi connectivity index (χ3n) is 4.00. The molecule has 1 heterocycles. The van der Waals surface area contributed by atoms with E-state index in [9.17, 15) is 17.4 Å². The number of rotatable bonds is 2. The van der Waals surface area contributed by atoms with Crippen LogP contribution in [-0.4, -0.2) is 34.0 Å². The van der Waals surface area contributed by atoms with Crippen molar-refractivity contribution in [2.24, 2.45) is 5.92 Å². The predicted octanol–water partition coefficient (Wildman–Crippen LogP) is 2.61. The van der Waals surface area contributed by atoms with Gasteiger partial charge in [-0.1, -0.05) is 6.42 Å². The average Bonchev–Trinajstić information content (AvgIpc) is 2.31. The minimum Gasteiger partial charge on any atom is -0.311 e. The second kappa shape index (κ2) is 5.90. The highest BCUT2D eigenvalue weighted by atomic mass is 32.2. The van der Waals surface area contributed by atoms with Crippen LogP contribution < -0.4 is 5.32 Å². The van der Waals surface area contributed by atoms with Gasteiger partial charge in [0.1, 0.15) is 0 Å². The lowest BCUT2D eigenvalue weighted by molar-refractivity contribution is -0.183. The molecule has 1 aliphatic carbocycles. The smallest absolute Gasteiger partial charge is 0.311 e. The molecular weight excluding hydrogens is 263 g/mol. The van der Waals surface area contributed by atoms with Gasteiger partial charge in [-0.25, -0.2) is 0 Å². The van der Waals surface area contributed by atoms with Crippen molar-refractivity contribution in [3.63, 3.8) is 0 Å². The van der Waals surface area contributed by atoms with Crippen LogP contribution in [0.4, 0.5) is 13.2 Å². The maximum Gasteiger partial charge on any atom is 0.391 e. The first kappa shape index (κ1) is 14.3. The number of hydrogen-bond donors (Lipinski definition) is 1. The number of hydrogen-bond acceptors (Lipinski definition) is 2. The van der Waals surface area contributed by atoms with Crippen LogP contribution in [0.15, 0.2) is 0 Å². The summed E-state index contributed by atoms with van der Waals surface area (Å²) in [6, 6.07) is 0.251. The van der Waals surface area contributed by atoms with Gasteiger partial charge in [0.05, 0.1) is 5.92 Å². The van der Waals surface area contributed by atoms with Crippen LogP contribution in [0.3, 0.4) is 0 Å². The van der Waals surface area contributed by atoms with E-state index in [1.54, 1.807) is 0 Å². The van der Waals surface area contributed by atoms with Gasteiger partial charge in [0, 0.05) is 34.4 Å². The lowest BCUT2D eigenvalue weighted by Gasteiger charge is -2.34.